The Kier molecular flexibility index (Phi) is 6.02. The van der Waals surface area contributed by atoms with E-state index in [1.807, 2.05) is 37.5 Å². The number of aryl methyl sites for hydroxylation is 1. The van der Waals surface area contributed by atoms with Crippen LogP contribution in [0.3, 0.4) is 0 Å². The van der Waals surface area contributed by atoms with Gasteiger partial charge in [-0.05, 0) is 62.0 Å². The number of anilines is 1. The fourth-order valence-electron chi connectivity index (χ4n) is 5.15. The van der Waals surface area contributed by atoms with E-state index in [-0.39, 0.29) is 11.4 Å². The molecule has 1 aliphatic rings. The van der Waals surface area contributed by atoms with Crippen molar-refractivity contribution in [1.82, 2.24) is 29.4 Å². The molecule has 0 amide bonds. The summed E-state index contributed by atoms with van der Waals surface area (Å²) in [6.07, 6.45) is 0.573. The maximum Gasteiger partial charge on any atom is 0.418 e. The first-order valence-corrected chi connectivity index (χ1v) is 12.6. The van der Waals surface area contributed by atoms with Gasteiger partial charge in [-0.3, -0.25) is 9.55 Å². The van der Waals surface area contributed by atoms with Crippen LogP contribution in [0.2, 0.25) is 0 Å². The van der Waals surface area contributed by atoms with Crippen molar-refractivity contribution in [3.63, 3.8) is 0 Å². The fraction of sp³-hybridized carbons (Fsp3) is 0.250. The molecule has 39 heavy (non-hydrogen) atoms. The quantitative estimate of drug-likeness (QED) is 0.345. The van der Waals surface area contributed by atoms with Crippen molar-refractivity contribution >= 4 is 16.7 Å². The number of fused-ring (bicyclic) bond motifs is 1. The molecule has 1 aliphatic heterocycles. The number of rotatable bonds is 4. The predicted octanol–water partition coefficient (Wildman–Crippen LogP) is 4.85. The van der Waals surface area contributed by atoms with Crippen LogP contribution < -0.4 is 10.6 Å². The van der Waals surface area contributed by atoms with Crippen LogP contribution >= 0.6 is 0 Å². The molecule has 1 aromatic carbocycles. The molecule has 0 radical (unpaired) electrons. The molecule has 200 valence electrons. The second kappa shape index (κ2) is 9.42. The number of pyridine rings is 2. The number of hydrogen-bond donors (Lipinski definition) is 2. The van der Waals surface area contributed by atoms with Crippen LogP contribution in [0.4, 0.5) is 18.9 Å². The molecule has 0 bridgehead atoms. The lowest BCUT2D eigenvalue weighted by molar-refractivity contribution is -0.137. The number of piperazine rings is 1. The zero-order valence-corrected chi connectivity index (χ0v) is 21.4. The number of hydrogen-bond acceptors (Lipinski definition) is 5. The van der Waals surface area contributed by atoms with Gasteiger partial charge in [-0.1, -0.05) is 0 Å². The summed E-state index contributed by atoms with van der Waals surface area (Å²) in [5, 5.41) is 0.945. The maximum atomic E-state index is 14.3. The van der Waals surface area contributed by atoms with Crippen LogP contribution in [0.25, 0.3) is 39.2 Å². The summed E-state index contributed by atoms with van der Waals surface area (Å²) in [5.74, 6) is 0. The Bertz CT molecular complexity index is 1730. The van der Waals surface area contributed by atoms with Gasteiger partial charge in [0.25, 0.3) is 0 Å². The van der Waals surface area contributed by atoms with Gasteiger partial charge in [-0.2, -0.15) is 13.2 Å². The van der Waals surface area contributed by atoms with E-state index in [0.29, 0.717) is 43.3 Å². The highest BCUT2D eigenvalue weighted by Gasteiger charge is 2.36. The zero-order chi connectivity index (χ0) is 27.3. The number of aromatic amines is 2. The first kappa shape index (κ1) is 24.9. The molecule has 0 unspecified atom stereocenters. The van der Waals surface area contributed by atoms with Crippen molar-refractivity contribution in [3.05, 3.63) is 82.8 Å². The smallest absolute Gasteiger partial charge is 0.368 e. The molecular formula is C28H26F3N7O. The zero-order valence-electron chi connectivity index (χ0n) is 21.4. The molecule has 8 nitrogen and oxygen atoms in total. The van der Waals surface area contributed by atoms with Crippen LogP contribution in [0.5, 0.6) is 0 Å². The second-order valence-corrected chi connectivity index (χ2v) is 9.80. The van der Waals surface area contributed by atoms with Crippen LogP contribution in [-0.4, -0.2) is 62.6 Å². The number of nitrogens with zero attached hydrogens (tertiary/aromatic N) is 5. The van der Waals surface area contributed by atoms with Gasteiger partial charge >= 0.3 is 11.9 Å². The Hall–Kier alpha value is -4.38. The number of aromatic nitrogens is 5. The second-order valence-electron chi connectivity index (χ2n) is 9.80. The molecular weight excluding hydrogens is 507 g/mol. The van der Waals surface area contributed by atoms with Crippen molar-refractivity contribution in [3.8, 4) is 28.2 Å². The molecule has 1 fully saturated rings. The van der Waals surface area contributed by atoms with Gasteiger partial charge in [0, 0.05) is 67.1 Å². The summed E-state index contributed by atoms with van der Waals surface area (Å²) in [6, 6.07) is 11.6. The molecule has 0 aliphatic carbocycles. The molecule has 6 rings (SSSR count). The number of halogens is 3. The Morgan fingerprint density at radius 2 is 1.74 bits per heavy atom. The molecule has 4 aromatic heterocycles. The third kappa shape index (κ3) is 4.59. The Balaban J connectivity index is 1.45. The fourth-order valence-corrected chi connectivity index (χ4v) is 5.15. The van der Waals surface area contributed by atoms with Crippen molar-refractivity contribution in [2.24, 2.45) is 0 Å². The van der Waals surface area contributed by atoms with E-state index in [4.69, 9.17) is 0 Å². The minimum atomic E-state index is -4.59. The number of benzene rings is 1. The lowest BCUT2D eigenvalue weighted by Crippen LogP contribution is -2.45. The summed E-state index contributed by atoms with van der Waals surface area (Å²) < 4.78 is 44.1. The minimum absolute atomic E-state index is 0.118. The van der Waals surface area contributed by atoms with Crippen molar-refractivity contribution < 1.29 is 13.2 Å². The summed E-state index contributed by atoms with van der Waals surface area (Å²) in [5.41, 5.74) is 2.72. The monoisotopic (exact) mass is 533 g/mol. The molecule has 0 saturated carbocycles. The highest BCUT2D eigenvalue weighted by Crippen LogP contribution is 2.39. The van der Waals surface area contributed by atoms with Crippen molar-refractivity contribution in [1.29, 1.82) is 0 Å². The Morgan fingerprint density at radius 3 is 2.51 bits per heavy atom. The molecule has 0 atom stereocenters. The van der Waals surface area contributed by atoms with Gasteiger partial charge in [0.15, 0.2) is 0 Å². The highest BCUT2D eigenvalue weighted by molar-refractivity contribution is 5.82. The first-order chi connectivity index (χ1) is 18.7. The first-order valence-electron chi connectivity index (χ1n) is 12.6. The van der Waals surface area contributed by atoms with Crippen LogP contribution in [0.15, 0.2) is 65.8 Å². The summed E-state index contributed by atoms with van der Waals surface area (Å²) in [6.45, 7) is 4.04. The van der Waals surface area contributed by atoms with E-state index in [1.54, 1.807) is 30.3 Å². The molecule has 5 heterocycles. The summed E-state index contributed by atoms with van der Waals surface area (Å²) in [4.78, 5) is 31.6. The van der Waals surface area contributed by atoms with Gasteiger partial charge in [-0.25, -0.2) is 9.78 Å². The van der Waals surface area contributed by atoms with Gasteiger partial charge in [-0.15, -0.1) is 0 Å². The summed E-state index contributed by atoms with van der Waals surface area (Å²) >= 11 is 0. The van der Waals surface area contributed by atoms with Crippen molar-refractivity contribution in [2.45, 2.75) is 13.1 Å². The maximum absolute atomic E-state index is 14.3. The summed E-state index contributed by atoms with van der Waals surface area (Å²) in [7, 11) is 1.95. The number of imidazole rings is 1. The highest BCUT2D eigenvalue weighted by atomic mass is 19.4. The lowest BCUT2D eigenvalue weighted by atomic mass is 10.1. The lowest BCUT2D eigenvalue weighted by Gasteiger charge is -2.35. The van der Waals surface area contributed by atoms with E-state index >= 15 is 0 Å². The van der Waals surface area contributed by atoms with Crippen LogP contribution in [0, 0.1) is 6.92 Å². The van der Waals surface area contributed by atoms with E-state index in [1.165, 1.54) is 10.6 Å². The number of alkyl halides is 3. The topological polar surface area (TPSA) is 85.8 Å². The standard InChI is InChI=1S/C28H26F3N7O/c1-17-25(23-14-18(5-7-32-23)20-13-19-6-8-33-26(19)34-16-20)38(27(39)35-17)21-3-4-24(22(15-21)28(29,30)31)37-11-9-36(2)10-12-37/h3-8,13-16H,9-12H2,1-2H3,(H,33,34)(H,35,39). The van der Waals surface area contributed by atoms with Crippen LogP contribution in [-0.2, 0) is 6.18 Å². The minimum Gasteiger partial charge on any atom is -0.368 e. The molecule has 5 aromatic rings. The number of H-pyrrole nitrogens is 2. The SMILES string of the molecule is Cc1[nH]c(=O)n(-c2ccc(N3CCN(C)CC3)c(C(F)(F)F)c2)c1-c1cc(-c2cnc3[nH]ccc3c2)ccn1. The molecule has 0 spiro atoms. The molecule has 11 heteroatoms. The Morgan fingerprint density at radius 1 is 0.949 bits per heavy atom. The van der Waals surface area contributed by atoms with E-state index < -0.39 is 17.4 Å². The number of nitrogens with one attached hydrogen (secondary N) is 2. The largest absolute Gasteiger partial charge is 0.418 e. The van der Waals surface area contributed by atoms with Gasteiger partial charge in [0.1, 0.15) is 5.65 Å². The van der Waals surface area contributed by atoms with E-state index in [2.05, 4.69) is 24.8 Å². The average molecular weight is 534 g/mol. The Labute approximate surface area is 221 Å². The molecule has 1 saturated heterocycles. The number of likely N-dealkylation sites (N-methyl/N-ethyl adjacent to an activating group) is 1. The average Bonchev–Trinajstić information content (AvgIpc) is 3.51. The van der Waals surface area contributed by atoms with Gasteiger partial charge in [0.05, 0.1) is 22.6 Å². The third-order valence-corrected chi connectivity index (χ3v) is 7.20. The normalized spacial score (nSPS) is 14.8. The van der Waals surface area contributed by atoms with E-state index in [0.717, 1.165) is 28.2 Å². The predicted molar refractivity (Wildman–Crippen MR) is 144 cm³/mol. The van der Waals surface area contributed by atoms with Crippen LogP contribution in [0.1, 0.15) is 11.3 Å². The third-order valence-electron chi connectivity index (χ3n) is 7.20. The van der Waals surface area contributed by atoms with Gasteiger partial charge in [0.2, 0.25) is 0 Å². The van der Waals surface area contributed by atoms with Crippen molar-refractivity contribution in [2.75, 3.05) is 38.1 Å². The van der Waals surface area contributed by atoms with Gasteiger partial charge < -0.3 is 19.8 Å². The molecule has 2 N–H and O–H groups in total. The van der Waals surface area contributed by atoms with E-state index in [9.17, 15) is 18.0 Å².